The van der Waals surface area contributed by atoms with Crippen LogP contribution in [-0.4, -0.2) is 68.6 Å². The Kier molecular flexibility index (Phi) is 7.99. The van der Waals surface area contributed by atoms with E-state index in [1.807, 2.05) is 0 Å². The third-order valence-corrected chi connectivity index (χ3v) is 4.99. The first kappa shape index (κ1) is 23.5. The number of nitrogens with one attached hydrogen (secondary N) is 1. The monoisotopic (exact) mass is 445 g/mol. The highest BCUT2D eigenvalue weighted by Gasteiger charge is 2.35. The molecule has 0 spiro atoms. The maximum atomic E-state index is 11.9. The predicted molar refractivity (Wildman–Crippen MR) is 114 cm³/mol. The lowest BCUT2D eigenvalue weighted by Crippen LogP contribution is -2.26. The summed E-state index contributed by atoms with van der Waals surface area (Å²) in [4.78, 5) is 31.5. The van der Waals surface area contributed by atoms with E-state index >= 15 is 0 Å². The zero-order valence-corrected chi connectivity index (χ0v) is 17.8. The van der Waals surface area contributed by atoms with Crippen LogP contribution in [0.25, 0.3) is 11.0 Å². The largest absolute Gasteiger partial charge is 0.466 e. The molecule has 3 unspecified atom stereocenters. The molecule has 1 aliphatic heterocycles. The quantitative estimate of drug-likeness (QED) is 0.320. The van der Waals surface area contributed by atoms with Crippen molar-refractivity contribution in [3.63, 3.8) is 0 Å². The SMILES string of the molecule is CCOC(=O)CCNC(=O)CCC#Cc1cn(C2CC(O)C(CO)O2)c2ncnc(N)c12. The van der Waals surface area contributed by atoms with Crippen molar-refractivity contribution in [2.75, 3.05) is 25.5 Å². The fraction of sp³-hybridized carbons (Fsp3) is 0.524. The summed E-state index contributed by atoms with van der Waals surface area (Å²) >= 11 is 0. The summed E-state index contributed by atoms with van der Waals surface area (Å²) in [6, 6.07) is 0. The van der Waals surface area contributed by atoms with E-state index in [9.17, 15) is 19.8 Å². The van der Waals surface area contributed by atoms with Crippen LogP contribution < -0.4 is 11.1 Å². The van der Waals surface area contributed by atoms with Crippen LogP contribution >= 0.6 is 0 Å². The zero-order chi connectivity index (χ0) is 23.1. The summed E-state index contributed by atoms with van der Waals surface area (Å²) in [5, 5.41) is 22.6. The zero-order valence-electron chi connectivity index (χ0n) is 17.8. The number of carbonyl (C=O) groups is 2. The fourth-order valence-corrected chi connectivity index (χ4v) is 3.43. The number of aliphatic hydroxyl groups excluding tert-OH is 2. The van der Waals surface area contributed by atoms with Crippen molar-refractivity contribution >= 4 is 28.7 Å². The summed E-state index contributed by atoms with van der Waals surface area (Å²) in [5.74, 6) is 5.64. The van der Waals surface area contributed by atoms with Gasteiger partial charge in [0.15, 0.2) is 0 Å². The van der Waals surface area contributed by atoms with Gasteiger partial charge in [0.2, 0.25) is 5.91 Å². The number of hydrogen-bond acceptors (Lipinski definition) is 9. The number of fused-ring (bicyclic) bond motifs is 1. The van der Waals surface area contributed by atoms with Gasteiger partial charge in [-0.05, 0) is 6.92 Å². The molecular formula is C21H27N5O6. The highest BCUT2D eigenvalue weighted by atomic mass is 16.5. The average Bonchev–Trinajstić information content (AvgIpc) is 3.32. The molecule has 5 N–H and O–H groups in total. The molecule has 3 rings (SSSR count). The highest BCUT2D eigenvalue weighted by molar-refractivity contribution is 5.92. The average molecular weight is 445 g/mol. The summed E-state index contributed by atoms with van der Waals surface area (Å²) < 4.78 is 12.2. The van der Waals surface area contributed by atoms with E-state index < -0.39 is 18.4 Å². The molecule has 2 aromatic rings. The molecule has 0 radical (unpaired) electrons. The van der Waals surface area contributed by atoms with Gasteiger partial charge in [-0.2, -0.15) is 0 Å². The van der Waals surface area contributed by atoms with E-state index in [1.165, 1.54) is 6.33 Å². The summed E-state index contributed by atoms with van der Waals surface area (Å²) in [5.41, 5.74) is 7.12. The number of nitrogens with zero attached hydrogens (tertiary/aromatic N) is 3. The molecule has 0 aromatic carbocycles. The fourth-order valence-electron chi connectivity index (χ4n) is 3.43. The van der Waals surface area contributed by atoms with Gasteiger partial charge in [0.1, 0.15) is 30.1 Å². The Morgan fingerprint density at radius 2 is 2.22 bits per heavy atom. The van der Waals surface area contributed by atoms with E-state index in [2.05, 4.69) is 27.1 Å². The Morgan fingerprint density at radius 1 is 1.41 bits per heavy atom. The molecule has 2 aromatic heterocycles. The Balaban J connectivity index is 1.65. The summed E-state index contributed by atoms with van der Waals surface area (Å²) in [7, 11) is 0. The number of rotatable bonds is 8. The van der Waals surface area contributed by atoms with E-state index in [-0.39, 0.29) is 50.1 Å². The number of nitrogen functional groups attached to an aromatic ring is 1. The van der Waals surface area contributed by atoms with Crippen LogP contribution in [0.15, 0.2) is 12.5 Å². The maximum Gasteiger partial charge on any atom is 0.307 e. The first-order chi connectivity index (χ1) is 15.4. The van der Waals surface area contributed by atoms with Crippen LogP contribution in [0.4, 0.5) is 5.82 Å². The van der Waals surface area contributed by atoms with Crippen LogP contribution in [0.2, 0.25) is 0 Å². The first-order valence-electron chi connectivity index (χ1n) is 10.4. The Hall–Kier alpha value is -3.20. The molecule has 0 aliphatic carbocycles. The van der Waals surface area contributed by atoms with Crippen molar-refractivity contribution < 1.29 is 29.3 Å². The molecule has 1 aliphatic rings. The molecule has 3 heterocycles. The molecule has 11 nitrogen and oxygen atoms in total. The van der Waals surface area contributed by atoms with Gasteiger partial charge in [-0.3, -0.25) is 9.59 Å². The van der Waals surface area contributed by atoms with Crippen LogP contribution in [0.5, 0.6) is 0 Å². The number of hydrogen-bond donors (Lipinski definition) is 4. The predicted octanol–water partition coefficient (Wildman–Crippen LogP) is -0.145. The lowest BCUT2D eigenvalue weighted by Gasteiger charge is -2.14. The lowest BCUT2D eigenvalue weighted by molar-refractivity contribution is -0.143. The molecular weight excluding hydrogens is 418 g/mol. The Bertz CT molecular complexity index is 1030. The van der Waals surface area contributed by atoms with Crippen molar-refractivity contribution in [3.8, 4) is 11.8 Å². The molecule has 3 atom stereocenters. The van der Waals surface area contributed by atoms with Crippen molar-refractivity contribution in [2.24, 2.45) is 0 Å². The molecule has 0 bridgehead atoms. The second-order valence-corrected chi connectivity index (χ2v) is 7.23. The molecule has 32 heavy (non-hydrogen) atoms. The number of aliphatic hydroxyl groups is 2. The van der Waals surface area contributed by atoms with Gasteiger partial charge < -0.3 is 35.3 Å². The lowest BCUT2D eigenvalue weighted by atomic mass is 10.2. The summed E-state index contributed by atoms with van der Waals surface area (Å²) in [6.07, 6.45) is 1.95. The van der Waals surface area contributed by atoms with Gasteiger partial charge in [-0.15, -0.1) is 0 Å². The second kappa shape index (κ2) is 10.9. The summed E-state index contributed by atoms with van der Waals surface area (Å²) in [6.45, 7) is 1.96. The number of ether oxygens (including phenoxy) is 2. The van der Waals surface area contributed by atoms with Gasteiger partial charge in [0.25, 0.3) is 0 Å². The van der Waals surface area contributed by atoms with E-state index in [1.54, 1.807) is 17.7 Å². The molecule has 1 fully saturated rings. The maximum absolute atomic E-state index is 11.9. The minimum atomic E-state index is -0.793. The number of carbonyl (C=O) groups excluding carboxylic acids is 2. The van der Waals surface area contributed by atoms with Crippen molar-refractivity contribution in [1.29, 1.82) is 0 Å². The van der Waals surface area contributed by atoms with Gasteiger partial charge in [0, 0.05) is 32.0 Å². The van der Waals surface area contributed by atoms with Crippen molar-refractivity contribution in [1.82, 2.24) is 19.9 Å². The third kappa shape index (κ3) is 5.53. The minimum Gasteiger partial charge on any atom is -0.466 e. The Morgan fingerprint density at radius 3 is 2.94 bits per heavy atom. The van der Waals surface area contributed by atoms with Crippen molar-refractivity contribution in [2.45, 2.75) is 51.0 Å². The normalized spacial score (nSPS) is 20.0. The second-order valence-electron chi connectivity index (χ2n) is 7.23. The number of esters is 1. The number of nitrogens with two attached hydrogens (primary N) is 1. The molecule has 172 valence electrons. The van der Waals surface area contributed by atoms with E-state index in [4.69, 9.17) is 15.2 Å². The number of amides is 1. The minimum absolute atomic E-state index is 0.124. The smallest absolute Gasteiger partial charge is 0.307 e. The molecule has 0 saturated carbocycles. The van der Waals surface area contributed by atoms with Crippen LogP contribution in [0, 0.1) is 11.8 Å². The van der Waals surface area contributed by atoms with Gasteiger partial charge >= 0.3 is 5.97 Å². The number of anilines is 1. The molecule has 1 amide bonds. The van der Waals surface area contributed by atoms with Gasteiger partial charge in [-0.25, -0.2) is 9.97 Å². The van der Waals surface area contributed by atoms with Crippen LogP contribution in [0.1, 0.15) is 44.4 Å². The van der Waals surface area contributed by atoms with E-state index in [0.29, 0.717) is 29.6 Å². The van der Waals surface area contributed by atoms with Crippen LogP contribution in [-0.2, 0) is 19.1 Å². The standard InChI is InChI=1S/C21H27N5O6/c1-2-31-18(30)7-8-23-16(29)6-4-3-5-13-10-26(17-9-14(28)15(11-27)32-17)21-19(13)20(22)24-12-25-21/h10,12,14-15,17,27-28H,2,4,6-9,11H2,1H3,(H,23,29)(H2,22,24,25). The van der Waals surface area contributed by atoms with Crippen molar-refractivity contribution in [3.05, 3.63) is 18.1 Å². The first-order valence-corrected chi connectivity index (χ1v) is 10.4. The topological polar surface area (TPSA) is 162 Å². The van der Waals surface area contributed by atoms with Gasteiger partial charge in [0.05, 0.1) is 36.7 Å². The van der Waals surface area contributed by atoms with E-state index in [0.717, 1.165) is 0 Å². The molecule has 1 saturated heterocycles. The Labute approximate surface area is 184 Å². The number of aromatic nitrogens is 3. The highest BCUT2D eigenvalue weighted by Crippen LogP contribution is 2.33. The van der Waals surface area contributed by atoms with Crippen LogP contribution in [0.3, 0.4) is 0 Å². The molecule has 11 heteroatoms. The van der Waals surface area contributed by atoms with Gasteiger partial charge in [-0.1, -0.05) is 11.8 Å². The third-order valence-electron chi connectivity index (χ3n) is 4.99.